The largest absolute Gasteiger partial charge is 0.493 e. The number of carbonyl (C=O) groups is 1. The fourth-order valence-corrected chi connectivity index (χ4v) is 2.13. The number of nitrogens with two attached hydrogens (primary N) is 1. The molecule has 1 amide bonds. The summed E-state index contributed by atoms with van der Waals surface area (Å²) in [6, 6.07) is 5.70. The van der Waals surface area contributed by atoms with Crippen LogP contribution >= 0.6 is 0 Å². The molecule has 21 heavy (non-hydrogen) atoms. The first kappa shape index (κ1) is 17.3. The summed E-state index contributed by atoms with van der Waals surface area (Å²) in [5.74, 6) is 1.53. The number of ether oxygens (including phenoxy) is 2. The van der Waals surface area contributed by atoms with Crippen LogP contribution in [0.4, 0.5) is 0 Å². The number of nitrogens with zero attached hydrogens (tertiary/aromatic N) is 1. The van der Waals surface area contributed by atoms with Crippen LogP contribution < -0.4 is 15.2 Å². The van der Waals surface area contributed by atoms with Gasteiger partial charge in [-0.3, -0.25) is 4.79 Å². The van der Waals surface area contributed by atoms with E-state index in [9.17, 15) is 4.79 Å². The van der Waals surface area contributed by atoms with E-state index < -0.39 is 0 Å². The number of amides is 1. The fraction of sp³-hybridized carbons (Fsp3) is 0.562. The van der Waals surface area contributed by atoms with Crippen LogP contribution in [0.25, 0.3) is 0 Å². The van der Waals surface area contributed by atoms with Crippen LogP contribution in [-0.4, -0.2) is 38.6 Å². The monoisotopic (exact) mass is 294 g/mol. The number of hydrogen-bond acceptors (Lipinski definition) is 4. The van der Waals surface area contributed by atoms with Crippen molar-refractivity contribution in [2.75, 3.05) is 27.8 Å². The van der Waals surface area contributed by atoms with E-state index in [1.54, 1.807) is 19.1 Å². The molecule has 0 saturated carbocycles. The molecule has 0 aromatic heterocycles. The zero-order chi connectivity index (χ0) is 15.7. The molecule has 0 unspecified atom stereocenters. The Kier molecular flexibility index (Phi) is 7.61. The zero-order valence-electron chi connectivity index (χ0n) is 13.2. The second-order valence-corrected chi connectivity index (χ2v) is 5.04. The first-order valence-corrected chi connectivity index (χ1v) is 7.27. The van der Waals surface area contributed by atoms with Gasteiger partial charge in [0.25, 0.3) is 0 Å². The Morgan fingerprint density at radius 2 is 1.86 bits per heavy atom. The Hall–Kier alpha value is -1.75. The lowest BCUT2D eigenvalue weighted by Crippen LogP contribution is -2.25. The van der Waals surface area contributed by atoms with Gasteiger partial charge in [-0.2, -0.15) is 0 Å². The van der Waals surface area contributed by atoms with Gasteiger partial charge in [-0.1, -0.05) is 12.5 Å². The molecule has 0 aliphatic heterocycles. The third-order valence-electron chi connectivity index (χ3n) is 3.39. The maximum atomic E-state index is 12.0. The average molecular weight is 294 g/mol. The Morgan fingerprint density at radius 3 is 2.48 bits per heavy atom. The molecule has 2 N–H and O–H groups in total. The average Bonchev–Trinajstić information content (AvgIpc) is 2.51. The minimum Gasteiger partial charge on any atom is -0.493 e. The first-order chi connectivity index (χ1) is 10.1. The summed E-state index contributed by atoms with van der Waals surface area (Å²) in [6.45, 7) is 1.26. The number of hydrogen-bond donors (Lipinski definition) is 1. The van der Waals surface area contributed by atoms with Crippen LogP contribution in [0.2, 0.25) is 0 Å². The highest BCUT2D eigenvalue weighted by molar-refractivity contribution is 5.75. The van der Waals surface area contributed by atoms with E-state index in [-0.39, 0.29) is 5.91 Å². The number of unbranched alkanes of at least 4 members (excludes halogenated alkanes) is 2. The summed E-state index contributed by atoms with van der Waals surface area (Å²) in [5, 5.41) is 0. The minimum absolute atomic E-state index is 0.154. The van der Waals surface area contributed by atoms with Gasteiger partial charge in [0, 0.05) is 20.0 Å². The van der Waals surface area contributed by atoms with E-state index in [2.05, 4.69) is 0 Å². The molecule has 5 nitrogen and oxygen atoms in total. The van der Waals surface area contributed by atoms with Crippen molar-refractivity contribution in [2.45, 2.75) is 32.2 Å². The van der Waals surface area contributed by atoms with E-state index in [0.29, 0.717) is 31.0 Å². The van der Waals surface area contributed by atoms with Crippen molar-refractivity contribution < 1.29 is 14.3 Å². The molecular formula is C16H26N2O3. The molecular weight excluding hydrogens is 268 g/mol. The second kappa shape index (κ2) is 9.23. The van der Waals surface area contributed by atoms with E-state index in [1.165, 1.54) is 0 Å². The maximum absolute atomic E-state index is 12.0. The zero-order valence-corrected chi connectivity index (χ0v) is 13.2. The van der Waals surface area contributed by atoms with Crippen LogP contribution in [0.15, 0.2) is 18.2 Å². The van der Waals surface area contributed by atoms with Crippen molar-refractivity contribution in [3.63, 3.8) is 0 Å². The number of methoxy groups -OCH3 is 2. The second-order valence-electron chi connectivity index (χ2n) is 5.04. The molecule has 0 radical (unpaired) electrons. The number of benzene rings is 1. The molecule has 1 aromatic carbocycles. The summed E-state index contributed by atoms with van der Waals surface area (Å²) < 4.78 is 10.5. The molecule has 0 atom stereocenters. The lowest BCUT2D eigenvalue weighted by molar-refractivity contribution is -0.130. The van der Waals surface area contributed by atoms with Crippen molar-refractivity contribution in [3.05, 3.63) is 23.8 Å². The topological polar surface area (TPSA) is 64.8 Å². The van der Waals surface area contributed by atoms with Crippen molar-refractivity contribution in [2.24, 2.45) is 5.73 Å². The van der Waals surface area contributed by atoms with Crippen LogP contribution in [0.3, 0.4) is 0 Å². The van der Waals surface area contributed by atoms with Crippen molar-refractivity contribution >= 4 is 5.91 Å². The van der Waals surface area contributed by atoms with E-state index >= 15 is 0 Å². The lowest BCUT2D eigenvalue weighted by Gasteiger charge is -2.18. The predicted molar refractivity (Wildman–Crippen MR) is 83.5 cm³/mol. The van der Waals surface area contributed by atoms with Crippen LogP contribution in [0.1, 0.15) is 31.2 Å². The Morgan fingerprint density at radius 1 is 1.14 bits per heavy atom. The van der Waals surface area contributed by atoms with Crippen LogP contribution in [0.5, 0.6) is 11.5 Å². The van der Waals surface area contributed by atoms with E-state index in [0.717, 1.165) is 24.8 Å². The van der Waals surface area contributed by atoms with Gasteiger partial charge in [0.2, 0.25) is 5.91 Å². The summed E-state index contributed by atoms with van der Waals surface area (Å²) in [4.78, 5) is 13.8. The van der Waals surface area contributed by atoms with Gasteiger partial charge in [0.05, 0.1) is 14.2 Å². The van der Waals surface area contributed by atoms with Crippen molar-refractivity contribution in [1.82, 2.24) is 4.90 Å². The molecule has 5 heteroatoms. The normalized spacial score (nSPS) is 10.3. The Bertz CT molecular complexity index is 449. The van der Waals surface area contributed by atoms with Gasteiger partial charge < -0.3 is 20.1 Å². The van der Waals surface area contributed by atoms with Gasteiger partial charge in [-0.15, -0.1) is 0 Å². The molecule has 0 aliphatic rings. The SMILES string of the molecule is COc1ccc(CN(C)C(=O)CCCCCN)cc1OC. The third-order valence-corrected chi connectivity index (χ3v) is 3.39. The first-order valence-electron chi connectivity index (χ1n) is 7.27. The molecule has 0 saturated heterocycles. The molecule has 0 aliphatic carbocycles. The summed E-state index contributed by atoms with van der Waals surface area (Å²) in [7, 11) is 5.03. The van der Waals surface area contributed by atoms with Gasteiger partial charge in [-0.05, 0) is 37.1 Å². The lowest BCUT2D eigenvalue weighted by atomic mass is 10.1. The van der Waals surface area contributed by atoms with Gasteiger partial charge in [0.15, 0.2) is 11.5 Å². The molecule has 1 rings (SSSR count). The molecule has 0 heterocycles. The minimum atomic E-state index is 0.154. The predicted octanol–water partition coefficient (Wildman–Crippen LogP) is 2.18. The van der Waals surface area contributed by atoms with Crippen LogP contribution in [0, 0.1) is 0 Å². The van der Waals surface area contributed by atoms with E-state index in [1.807, 2.05) is 25.2 Å². The van der Waals surface area contributed by atoms with Crippen molar-refractivity contribution in [3.8, 4) is 11.5 Å². The number of carbonyl (C=O) groups excluding carboxylic acids is 1. The molecule has 0 bridgehead atoms. The van der Waals surface area contributed by atoms with Gasteiger partial charge in [0.1, 0.15) is 0 Å². The Labute approximate surface area is 127 Å². The molecule has 0 spiro atoms. The standard InChI is InChI=1S/C16H26N2O3/c1-18(16(19)7-5-4-6-10-17)12-13-8-9-14(20-2)15(11-13)21-3/h8-9,11H,4-7,10,12,17H2,1-3H3. The smallest absolute Gasteiger partial charge is 0.222 e. The summed E-state index contributed by atoms with van der Waals surface area (Å²) in [5.41, 5.74) is 6.46. The maximum Gasteiger partial charge on any atom is 0.222 e. The van der Waals surface area contributed by atoms with Gasteiger partial charge in [-0.25, -0.2) is 0 Å². The van der Waals surface area contributed by atoms with Crippen LogP contribution in [-0.2, 0) is 11.3 Å². The molecule has 118 valence electrons. The number of rotatable bonds is 9. The highest BCUT2D eigenvalue weighted by Gasteiger charge is 2.11. The molecule has 1 aromatic rings. The highest BCUT2D eigenvalue weighted by atomic mass is 16.5. The van der Waals surface area contributed by atoms with E-state index in [4.69, 9.17) is 15.2 Å². The third kappa shape index (κ3) is 5.63. The summed E-state index contributed by atoms with van der Waals surface area (Å²) >= 11 is 0. The quantitative estimate of drug-likeness (QED) is 0.709. The van der Waals surface area contributed by atoms with Gasteiger partial charge >= 0.3 is 0 Å². The highest BCUT2D eigenvalue weighted by Crippen LogP contribution is 2.27. The fourth-order valence-electron chi connectivity index (χ4n) is 2.13. The Balaban J connectivity index is 2.53. The van der Waals surface area contributed by atoms with Crippen molar-refractivity contribution in [1.29, 1.82) is 0 Å². The molecule has 0 fully saturated rings. The summed E-state index contributed by atoms with van der Waals surface area (Å²) in [6.07, 6.45) is 3.45.